The van der Waals surface area contributed by atoms with Crippen LogP contribution < -0.4 is 9.47 Å². The van der Waals surface area contributed by atoms with Crippen LogP contribution in [0.2, 0.25) is 0 Å². The zero-order valence-corrected chi connectivity index (χ0v) is 15.2. The Kier molecular flexibility index (Phi) is 5.10. The van der Waals surface area contributed by atoms with Crippen molar-refractivity contribution in [2.45, 2.75) is 19.3 Å². The molecule has 1 fully saturated rings. The van der Waals surface area contributed by atoms with E-state index < -0.39 is 0 Å². The van der Waals surface area contributed by atoms with Gasteiger partial charge in [0, 0.05) is 24.6 Å². The third-order valence-electron chi connectivity index (χ3n) is 5.24. The summed E-state index contributed by atoms with van der Waals surface area (Å²) in [7, 11) is 0. The maximum absolute atomic E-state index is 12.7. The number of hydrogen-bond donors (Lipinski definition) is 0. The quantitative estimate of drug-likeness (QED) is 0.781. The molecule has 0 spiro atoms. The molecule has 0 N–H and O–H groups in total. The first-order chi connectivity index (χ1) is 13.2. The Labute approximate surface area is 158 Å². The summed E-state index contributed by atoms with van der Waals surface area (Å²) < 4.78 is 11.1. The van der Waals surface area contributed by atoms with Crippen LogP contribution in [0.25, 0.3) is 0 Å². The molecule has 0 aliphatic carbocycles. The first-order valence-electron chi connectivity index (χ1n) is 9.46. The van der Waals surface area contributed by atoms with E-state index in [1.807, 2.05) is 53.4 Å². The minimum absolute atomic E-state index is 0.00532. The van der Waals surface area contributed by atoms with E-state index in [-0.39, 0.29) is 17.6 Å². The predicted octanol–water partition coefficient (Wildman–Crippen LogP) is 3.12. The Balaban J connectivity index is 1.33. The van der Waals surface area contributed by atoms with Gasteiger partial charge in [0.1, 0.15) is 13.2 Å². The van der Waals surface area contributed by atoms with Crippen molar-refractivity contribution in [1.82, 2.24) is 4.90 Å². The van der Waals surface area contributed by atoms with Gasteiger partial charge in [0.2, 0.25) is 5.91 Å². The molecule has 27 heavy (non-hydrogen) atoms. The van der Waals surface area contributed by atoms with E-state index in [9.17, 15) is 9.59 Å². The second-order valence-electron chi connectivity index (χ2n) is 7.04. The van der Waals surface area contributed by atoms with Crippen LogP contribution >= 0.6 is 0 Å². The first kappa shape index (κ1) is 17.6. The summed E-state index contributed by atoms with van der Waals surface area (Å²) in [6.45, 7) is 2.36. The lowest BCUT2D eigenvalue weighted by atomic mass is 9.88. The van der Waals surface area contributed by atoms with Crippen LogP contribution in [0, 0.1) is 5.92 Å². The number of piperidine rings is 1. The molecule has 0 bridgehead atoms. The van der Waals surface area contributed by atoms with E-state index >= 15 is 0 Å². The summed E-state index contributed by atoms with van der Waals surface area (Å²) >= 11 is 0. The topological polar surface area (TPSA) is 55.8 Å². The molecular formula is C22H23NO4. The number of carbonyl (C=O) groups excluding carboxylic acids is 2. The van der Waals surface area contributed by atoms with E-state index in [2.05, 4.69) is 0 Å². The minimum Gasteiger partial charge on any atom is -0.486 e. The van der Waals surface area contributed by atoms with Gasteiger partial charge in [-0.1, -0.05) is 36.4 Å². The van der Waals surface area contributed by atoms with Crippen molar-refractivity contribution in [3.05, 3.63) is 59.7 Å². The predicted molar refractivity (Wildman–Crippen MR) is 101 cm³/mol. The van der Waals surface area contributed by atoms with E-state index in [0.717, 1.165) is 29.7 Å². The van der Waals surface area contributed by atoms with Crippen molar-refractivity contribution in [3.63, 3.8) is 0 Å². The van der Waals surface area contributed by atoms with Crippen LogP contribution in [0.4, 0.5) is 0 Å². The highest BCUT2D eigenvalue weighted by Crippen LogP contribution is 2.31. The fourth-order valence-corrected chi connectivity index (χ4v) is 3.71. The van der Waals surface area contributed by atoms with Gasteiger partial charge in [0.05, 0.1) is 6.42 Å². The average molecular weight is 365 g/mol. The number of Topliss-reactive ketones (excluding diaryl/α,β-unsaturated/α-hetero) is 1. The van der Waals surface area contributed by atoms with E-state index in [1.54, 1.807) is 0 Å². The minimum atomic E-state index is 0.00532. The molecule has 140 valence electrons. The number of likely N-dealkylation sites (tertiary alicyclic amines) is 1. The van der Waals surface area contributed by atoms with Gasteiger partial charge in [-0.25, -0.2) is 0 Å². The lowest BCUT2D eigenvalue weighted by molar-refractivity contribution is -0.131. The second kappa shape index (κ2) is 7.82. The summed E-state index contributed by atoms with van der Waals surface area (Å²) in [5.41, 5.74) is 1.69. The molecule has 0 saturated carbocycles. The maximum Gasteiger partial charge on any atom is 0.226 e. The molecule has 2 heterocycles. The van der Waals surface area contributed by atoms with Crippen LogP contribution in [-0.4, -0.2) is 42.9 Å². The number of fused-ring (bicyclic) bond motifs is 1. The van der Waals surface area contributed by atoms with Crippen LogP contribution in [0.1, 0.15) is 28.8 Å². The van der Waals surface area contributed by atoms with Crippen LogP contribution in [0.5, 0.6) is 11.5 Å². The molecule has 4 rings (SSSR count). The first-order valence-corrected chi connectivity index (χ1v) is 9.46. The van der Waals surface area contributed by atoms with Crippen LogP contribution in [-0.2, 0) is 11.2 Å². The largest absolute Gasteiger partial charge is 0.486 e. The van der Waals surface area contributed by atoms with Crippen molar-refractivity contribution in [2.75, 3.05) is 26.3 Å². The van der Waals surface area contributed by atoms with E-state index in [0.29, 0.717) is 38.5 Å². The Morgan fingerprint density at radius 2 is 1.63 bits per heavy atom. The number of amides is 1. The standard InChI is InChI=1S/C22H23NO4/c24-21(15-16-6-7-19-20(14-16)27-13-12-26-19)23-10-8-18(9-11-23)22(25)17-4-2-1-3-5-17/h1-7,14,18H,8-13,15H2. The molecule has 0 unspecified atom stereocenters. The van der Waals surface area contributed by atoms with Gasteiger partial charge in [0.15, 0.2) is 17.3 Å². The zero-order valence-electron chi connectivity index (χ0n) is 15.2. The SMILES string of the molecule is O=C(c1ccccc1)C1CCN(C(=O)Cc2ccc3c(c2)OCCO3)CC1. The van der Waals surface area contributed by atoms with Crippen molar-refractivity contribution in [3.8, 4) is 11.5 Å². The molecule has 1 saturated heterocycles. The average Bonchev–Trinajstić information content (AvgIpc) is 2.74. The third kappa shape index (κ3) is 3.97. The van der Waals surface area contributed by atoms with Crippen LogP contribution in [0.15, 0.2) is 48.5 Å². The number of ketones is 1. The lowest BCUT2D eigenvalue weighted by Crippen LogP contribution is -2.41. The van der Waals surface area contributed by atoms with Gasteiger partial charge >= 0.3 is 0 Å². The third-order valence-corrected chi connectivity index (χ3v) is 5.24. The Bertz CT molecular complexity index is 825. The number of carbonyl (C=O) groups is 2. The van der Waals surface area contributed by atoms with Crippen molar-refractivity contribution in [2.24, 2.45) is 5.92 Å². The highest BCUT2D eigenvalue weighted by atomic mass is 16.6. The molecule has 2 aliphatic heterocycles. The molecule has 2 aromatic carbocycles. The number of benzene rings is 2. The molecule has 1 amide bonds. The molecule has 5 nitrogen and oxygen atoms in total. The summed E-state index contributed by atoms with van der Waals surface area (Å²) in [5.74, 6) is 1.73. The molecule has 0 atom stereocenters. The number of ether oxygens (including phenoxy) is 2. The van der Waals surface area contributed by atoms with Gasteiger partial charge in [-0.2, -0.15) is 0 Å². The fraction of sp³-hybridized carbons (Fsp3) is 0.364. The highest BCUT2D eigenvalue weighted by Gasteiger charge is 2.28. The molecular weight excluding hydrogens is 342 g/mol. The summed E-state index contributed by atoms with van der Waals surface area (Å²) in [6, 6.07) is 15.1. The zero-order chi connectivity index (χ0) is 18.6. The van der Waals surface area contributed by atoms with Crippen LogP contribution in [0.3, 0.4) is 0 Å². The van der Waals surface area contributed by atoms with Gasteiger partial charge in [0.25, 0.3) is 0 Å². The Hall–Kier alpha value is -2.82. The van der Waals surface area contributed by atoms with Gasteiger partial charge in [-0.15, -0.1) is 0 Å². The number of nitrogens with zero attached hydrogens (tertiary/aromatic N) is 1. The number of hydrogen-bond acceptors (Lipinski definition) is 4. The summed E-state index contributed by atoms with van der Waals surface area (Å²) in [5, 5.41) is 0. The van der Waals surface area contributed by atoms with Crippen molar-refractivity contribution in [1.29, 1.82) is 0 Å². The van der Waals surface area contributed by atoms with Gasteiger partial charge < -0.3 is 14.4 Å². The smallest absolute Gasteiger partial charge is 0.226 e. The monoisotopic (exact) mass is 365 g/mol. The highest BCUT2D eigenvalue weighted by molar-refractivity contribution is 5.98. The molecule has 5 heteroatoms. The number of rotatable bonds is 4. The second-order valence-corrected chi connectivity index (χ2v) is 7.04. The Morgan fingerprint density at radius 3 is 2.37 bits per heavy atom. The van der Waals surface area contributed by atoms with Crippen molar-refractivity contribution < 1.29 is 19.1 Å². The Morgan fingerprint density at radius 1 is 0.926 bits per heavy atom. The molecule has 0 radical (unpaired) electrons. The molecule has 0 aromatic heterocycles. The van der Waals surface area contributed by atoms with Crippen molar-refractivity contribution >= 4 is 11.7 Å². The summed E-state index contributed by atoms with van der Waals surface area (Å²) in [4.78, 5) is 27.1. The maximum atomic E-state index is 12.7. The van der Waals surface area contributed by atoms with E-state index in [4.69, 9.17) is 9.47 Å². The van der Waals surface area contributed by atoms with Gasteiger partial charge in [-0.05, 0) is 30.5 Å². The lowest BCUT2D eigenvalue weighted by Gasteiger charge is -2.31. The normalized spacial score (nSPS) is 16.8. The summed E-state index contributed by atoms with van der Waals surface area (Å²) in [6.07, 6.45) is 1.79. The fourth-order valence-electron chi connectivity index (χ4n) is 3.71. The van der Waals surface area contributed by atoms with Gasteiger partial charge in [-0.3, -0.25) is 9.59 Å². The molecule has 2 aliphatic rings. The molecule has 2 aromatic rings. The van der Waals surface area contributed by atoms with E-state index in [1.165, 1.54) is 0 Å².